The second kappa shape index (κ2) is 6.59. The van der Waals surface area contributed by atoms with Crippen LogP contribution in [0.25, 0.3) is 0 Å². The summed E-state index contributed by atoms with van der Waals surface area (Å²) in [5, 5.41) is 3.21. The summed E-state index contributed by atoms with van der Waals surface area (Å²) in [5.41, 5.74) is 0.0303. The monoisotopic (exact) mass is 343 g/mol. The lowest BCUT2D eigenvalue weighted by molar-refractivity contribution is -0.131. The highest BCUT2D eigenvalue weighted by Crippen LogP contribution is 2.36. The molecule has 132 valence electrons. The zero-order valence-corrected chi connectivity index (χ0v) is 14.1. The van der Waals surface area contributed by atoms with Crippen LogP contribution in [-0.2, 0) is 27.9 Å². The first-order chi connectivity index (χ1) is 12.2. The first kappa shape index (κ1) is 16.3. The third kappa shape index (κ3) is 3.06. The van der Waals surface area contributed by atoms with Gasteiger partial charge in [0.15, 0.2) is 0 Å². The zero-order valence-electron chi connectivity index (χ0n) is 14.1. The van der Waals surface area contributed by atoms with Gasteiger partial charge in [-0.1, -0.05) is 12.1 Å². The first-order valence-corrected chi connectivity index (χ1v) is 8.82. The summed E-state index contributed by atoms with van der Waals surface area (Å²) in [6, 6.07) is 6.49. The van der Waals surface area contributed by atoms with Gasteiger partial charge in [0.1, 0.15) is 11.6 Å². The number of hydrogen-bond acceptors (Lipinski definition) is 3. The van der Waals surface area contributed by atoms with Gasteiger partial charge >= 0.3 is 0 Å². The number of imidazole rings is 1. The summed E-state index contributed by atoms with van der Waals surface area (Å²) >= 11 is 0. The van der Waals surface area contributed by atoms with Crippen molar-refractivity contribution in [2.45, 2.75) is 43.7 Å². The number of rotatable bonds is 3. The van der Waals surface area contributed by atoms with Gasteiger partial charge in [0.25, 0.3) is 0 Å². The lowest BCUT2D eigenvalue weighted by Gasteiger charge is -2.38. The Kier molecular flexibility index (Phi) is 4.29. The van der Waals surface area contributed by atoms with Crippen LogP contribution in [0.3, 0.4) is 0 Å². The quantitative estimate of drug-likeness (QED) is 0.930. The van der Waals surface area contributed by atoms with Crippen LogP contribution >= 0.6 is 0 Å². The molecule has 0 bridgehead atoms. The summed E-state index contributed by atoms with van der Waals surface area (Å²) in [6.07, 6.45) is 6.62. The molecule has 0 spiro atoms. The molecule has 3 heterocycles. The van der Waals surface area contributed by atoms with Gasteiger partial charge < -0.3 is 14.6 Å². The van der Waals surface area contributed by atoms with Crippen LogP contribution in [0.2, 0.25) is 0 Å². The largest absolute Gasteiger partial charge is 0.381 e. The van der Waals surface area contributed by atoms with Gasteiger partial charge in [-0.2, -0.15) is 0 Å². The fourth-order valence-corrected chi connectivity index (χ4v) is 3.96. The third-order valence-electron chi connectivity index (χ3n) is 5.43. The number of hydrogen-bond donors (Lipinski definition) is 1. The van der Waals surface area contributed by atoms with Gasteiger partial charge in [-0.3, -0.25) is 4.79 Å². The summed E-state index contributed by atoms with van der Waals surface area (Å²) in [5.74, 6) is 0.739. The van der Waals surface area contributed by atoms with Crippen LogP contribution < -0.4 is 5.32 Å². The summed E-state index contributed by atoms with van der Waals surface area (Å²) < 4.78 is 21.3. The van der Waals surface area contributed by atoms with Gasteiger partial charge in [0.05, 0.1) is 5.41 Å². The Morgan fingerprint density at radius 2 is 2.20 bits per heavy atom. The predicted octanol–water partition coefficient (Wildman–Crippen LogP) is 2.20. The van der Waals surface area contributed by atoms with E-state index >= 15 is 0 Å². The van der Waals surface area contributed by atoms with Crippen LogP contribution in [0.1, 0.15) is 30.7 Å². The first-order valence-electron chi connectivity index (χ1n) is 8.82. The Morgan fingerprint density at radius 1 is 1.36 bits per heavy atom. The van der Waals surface area contributed by atoms with E-state index in [-0.39, 0.29) is 17.8 Å². The molecule has 25 heavy (non-hydrogen) atoms. The SMILES string of the molecule is O=C(N[C@H]1CCc2nccn2C1)C1(c2cccc(F)c2)CCOCC1. The second-order valence-corrected chi connectivity index (χ2v) is 6.91. The Hall–Kier alpha value is -2.21. The Balaban J connectivity index is 1.56. The third-order valence-corrected chi connectivity index (χ3v) is 5.43. The molecule has 6 heteroatoms. The number of aryl methyl sites for hydroxylation is 1. The zero-order chi connectivity index (χ0) is 17.3. The topological polar surface area (TPSA) is 56.2 Å². The number of amides is 1. The number of benzene rings is 1. The van der Waals surface area contributed by atoms with Crippen molar-refractivity contribution in [1.29, 1.82) is 0 Å². The van der Waals surface area contributed by atoms with Crippen LogP contribution in [0.15, 0.2) is 36.7 Å². The van der Waals surface area contributed by atoms with Gasteiger partial charge in [0, 0.05) is 44.6 Å². The lowest BCUT2D eigenvalue weighted by atomic mass is 9.73. The molecule has 2 aliphatic rings. The van der Waals surface area contributed by atoms with Crippen molar-refractivity contribution in [2.24, 2.45) is 0 Å². The Morgan fingerprint density at radius 3 is 3.00 bits per heavy atom. The second-order valence-electron chi connectivity index (χ2n) is 6.91. The van der Waals surface area contributed by atoms with Crippen LogP contribution in [-0.4, -0.2) is 34.7 Å². The number of halogens is 1. The van der Waals surface area contributed by atoms with Crippen molar-refractivity contribution in [1.82, 2.24) is 14.9 Å². The molecule has 1 amide bonds. The molecular formula is C19H22FN3O2. The van der Waals surface area contributed by atoms with E-state index in [1.165, 1.54) is 12.1 Å². The van der Waals surface area contributed by atoms with Crippen LogP contribution in [0, 0.1) is 5.82 Å². The normalized spacial score (nSPS) is 22.2. The van der Waals surface area contributed by atoms with Gasteiger partial charge in [-0.05, 0) is 37.0 Å². The molecule has 4 rings (SSSR count). The van der Waals surface area contributed by atoms with E-state index in [2.05, 4.69) is 14.9 Å². The average Bonchev–Trinajstić information content (AvgIpc) is 3.10. The molecule has 1 aromatic heterocycles. The van der Waals surface area contributed by atoms with E-state index < -0.39 is 5.41 Å². The van der Waals surface area contributed by atoms with Crippen molar-refractivity contribution < 1.29 is 13.9 Å². The molecule has 1 atom stereocenters. The molecule has 1 fully saturated rings. The van der Waals surface area contributed by atoms with E-state index in [4.69, 9.17) is 4.74 Å². The summed E-state index contributed by atoms with van der Waals surface area (Å²) in [4.78, 5) is 17.6. The molecular weight excluding hydrogens is 321 g/mol. The molecule has 0 radical (unpaired) electrons. The average molecular weight is 343 g/mol. The molecule has 2 aliphatic heterocycles. The van der Waals surface area contributed by atoms with Crippen LogP contribution in [0.4, 0.5) is 4.39 Å². The predicted molar refractivity (Wildman–Crippen MR) is 90.6 cm³/mol. The van der Waals surface area contributed by atoms with Crippen molar-refractivity contribution in [3.63, 3.8) is 0 Å². The summed E-state index contributed by atoms with van der Waals surface area (Å²) in [7, 11) is 0. The minimum absolute atomic E-state index is 0.0186. The number of ether oxygens (including phenoxy) is 1. The summed E-state index contributed by atoms with van der Waals surface area (Å²) in [6.45, 7) is 1.76. The Labute approximate surface area is 146 Å². The molecule has 2 aromatic rings. The Bertz CT molecular complexity index is 768. The molecule has 0 saturated carbocycles. The van der Waals surface area contributed by atoms with Crippen molar-refractivity contribution in [3.8, 4) is 0 Å². The highest BCUT2D eigenvalue weighted by atomic mass is 19.1. The maximum atomic E-state index is 13.8. The number of carbonyl (C=O) groups is 1. The van der Waals surface area contributed by atoms with Crippen molar-refractivity contribution >= 4 is 5.91 Å². The van der Waals surface area contributed by atoms with E-state index in [9.17, 15) is 9.18 Å². The smallest absolute Gasteiger partial charge is 0.231 e. The van der Waals surface area contributed by atoms with Crippen molar-refractivity contribution in [3.05, 3.63) is 53.9 Å². The van der Waals surface area contributed by atoms with Crippen LogP contribution in [0.5, 0.6) is 0 Å². The number of nitrogens with one attached hydrogen (secondary N) is 1. The van der Waals surface area contributed by atoms with Crippen molar-refractivity contribution in [2.75, 3.05) is 13.2 Å². The number of aromatic nitrogens is 2. The molecule has 5 nitrogen and oxygen atoms in total. The molecule has 1 N–H and O–H groups in total. The molecule has 1 aromatic carbocycles. The minimum atomic E-state index is -0.713. The molecule has 0 aliphatic carbocycles. The lowest BCUT2D eigenvalue weighted by Crippen LogP contribution is -2.52. The van der Waals surface area contributed by atoms with Gasteiger partial charge in [-0.25, -0.2) is 9.37 Å². The van der Waals surface area contributed by atoms with E-state index in [1.807, 2.05) is 12.3 Å². The van der Waals surface area contributed by atoms with E-state index in [0.717, 1.165) is 30.8 Å². The minimum Gasteiger partial charge on any atom is -0.381 e. The van der Waals surface area contributed by atoms with E-state index in [1.54, 1.807) is 12.3 Å². The number of nitrogens with zero attached hydrogens (tertiary/aromatic N) is 2. The maximum Gasteiger partial charge on any atom is 0.231 e. The highest BCUT2D eigenvalue weighted by Gasteiger charge is 2.42. The highest BCUT2D eigenvalue weighted by molar-refractivity contribution is 5.88. The molecule has 1 saturated heterocycles. The van der Waals surface area contributed by atoms with E-state index in [0.29, 0.717) is 26.1 Å². The maximum absolute atomic E-state index is 13.8. The molecule has 0 unspecified atom stereocenters. The standard InChI is InChI=1S/C19H22FN3O2/c20-15-3-1-2-14(12-15)19(6-10-25-11-7-19)18(24)22-16-4-5-17-21-8-9-23(17)13-16/h1-3,8-9,12,16H,4-7,10-11,13H2,(H,22,24)/t16-/m0/s1. The fourth-order valence-electron chi connectivity index (χ4n) is 3.96. The van der Waals surface area contributed by atoms with Gasteiger partial charge in [0.2, 0.25) is 5.91 Å². The number of fused-ring (bicyclic) bond motifs is 1. The number of carbonyl (C=O) groups excluding carboxylic acids is 1. The van der Waals surface area contributed by atoms with Gasteiger partial charge in [-0.15, -0.1) is 0 Å². The fraction of sp³-hybridized carbons (Fsp3) is 0.474.